The number of urea groups is 1. The Bertz CT molecular complexity index is 1690. The molecular weight excluding hydrogens is 630 g/mol. The molecule has 3 heterocycles. The Kier molecular flexibility index (Phi) is 9.97. The van der Waals surface area contributed by atoms with Crippen molar-refractivity contribution in [3.8, 4) is 5.75 Å². The lowest BCUT2D eigenvalue weighted by Gasteiger charge is -2.38. The van der Waals surface area contributed by atoms with Crippen molar-refractivity contribution in [2.45, 2.75) is 75.6 Å². The number of rotatable bonds is 9. The molecule has 5 rings (SSSR count). The first kappa shape index (κ1) is 33.7. The maximum Gasteiger partial charge on any atom is 0.319 e. The van der Waals surface area contributed by atoms with E-state index in [1.807, 2.05) is 30.9 Å². The molecule has 14 heteroatoms. The van der Waals surface area contributed by atoms with Gasteiger partial charge in [-0.25, -0.2) is 18.2 Å². The average Bonchev–Trinajstić information content (AvgIpc) is 3.33. The molecule has 1 saturated heterocycles. The zero-order valence-corrected chi connectivity index (χ0v) is 28.6. The molecule has 3 aromatic rings. The smallest absolute Gasteiger partial charge is 0.319 e. The summed E-state index contributed by atoms with van der Waals surface area (Å²) in [5.41, 5.74) is 2.63. The van der Waals surface area contributed by atoms with Crippen molar-refractivity contribution in [2.75, 3.05) is 37.8 Å². The Morgan fingerprint density at radius 3 is 2.43 bits per heavy atom. The average molecular weight is 672 g/mol. The fourth-order valence-electron chi connectivity index (χ4n) is 5.76. The molecule has 0 bridgehead atoms. The molecule has 1 fully saturated rings. The van der Waals surface area contributed by atoms with Crippen LogP contribution in [0.2, 0.25) is 5.02 Å². The van der Waals surface area contributed by atoms with Gasteiger partial charge in [0.25, 0.3) is 0 Å². The number of ether oxygens (including phenoxy) is 1. The Hall–Kier alpha value is -3.65. The summed E-state index contributed by atoms with van der Waals surface area (Å²) in [6.07, 6.45) is 2.01. The van der Waals surface area contributed by atoms with Crippen LogP contribution in [0, 0.1) is 0 Å². The number of fused-ring (bicyclic) bond motifs is 1. The summed E-state index contributed by atoms with van der Waals surface area (Å²) < 4.78 is 32.2. The summed E-state index contributed by atoms with van der Waals surface area (Å²) in [5, 5.41) is 17.4. The van der Waals surface area contributed by atoms with E-state index in [4.69, 9.17) is 16.3 Å². The van der Waals surface area contributed by atoms with E-state index in [0.717, 1.165) is 24.0 Å². The Morgan fingerprint density at radius 1 is 1.09 bits per heavy atom. The highest BCUT2D eigenvalue weighted by Crippen LogP contribution is 2.42. The van der Waals surface area contributed by atoms with Gasteiger partial charge in [0, 0.05) is 45.3 Å². The number of aliphatic hydroxyl groups excluding tert-OH is 1. The van der Waals surface area contributed by atoms with E-state index in [9.17, 15) is 18.3 Å². The quantitative estimate of drug-likeness (QED) is 0.266. The maximum atomic E-state index is 13.0. The third kappa shape index (κ3) is 7.02. The number of hydrogen-bond donors (Lipinski definition) is 3. The second kappa shape index (κ2) is 13.6. The van der Waals surface area contributed by atoms with Crippen LogP contribution in [-0.4, -0.2) is 88.8 Å². The highest BCUT2D eigenvalue weighted by molar-refractivity contribution is 7.92. The fraction of sp³-hybridized carbons (Fsp3) is 0.469. The number of sulfone groups is 1. The van der Waals surface area contributed by atoms with Crippen LogP contribution in [0.3, 0.4) is 0 Å². The summed E-state index contributed by atoms with van der Waals surface area (Å²) in [5.74, 6) is 1.01. The number of aliphatic hydroxyl groups is 1. The lowest BCUT2D eigenvalue weighted by molar-refractivity contribution is -0.0318. The largest absolute Gasteiger partial charge is 0.489 e. The summed E-state index contributed by atoms with van der Waals surface area (Å²) >= 11 is 6.45. The number of para-hydroxylation sites is 1. The van der Waals surface area contributed by atoms with E-state index in [0.29, 0.717) is 36.8 Å². The van der Waals surface area contributed by atoms with Gasteiger partial charge in [0.05, 0.1) is 33.8 Å². The molecule has 2 aliphatic heterocycles. The van der Waals surface area contributed by atoms with Crippen molar-refractivity contribution < 1.29 is 23.1 Å². The SMILES string of the molecule is CC(C)Oc1cc2c(cc1Nc1ncc(Cl)c(Nc3ccccc3S(=O)(=O)C(C)C)n1)C(O)N(C1CCN(C(=O)N(C)C)CC1)C2. The molecular formula is C32H42ClN7O5S. The Balaban J connectivity index is 1.39. The third-order valence-corrected chi connectivity index (χ3v) is 10.7. The van der Waals surface area contributed by atoms with Crippen LogP contribution >= 0.6 is 11.6 Å². The maximum absolute atomic E-state index is 13.0. The summed E-state index contributed by atoms with van der Waals surface area (Å²) in [7, 11) is -0.0711. The minimum absolute atomic E-state index is 0.00229. The lowest BCUT2D eigenvalue weighted by Crippen LogP contribution is -2.48. The molecule has 248 valence electrons. The van der Waals surface area contributed by atoms with E-state index < -0.39 is 21.3 Å². The number of carbonyl (C=O) groups excluding carboxylic acids is 1. The van der Waals surface area contributed by atoms with Gasteiger partial charge >= 0.3 is 6.03 Å². The van der Waals surface area contributed by atoms with Crippen LogP contribution in [0.25, 0.3) is 0 Å². The number of piperidine rings is 1. The zero-order chi connectivity index (χ0) is 33.3. The van der Waals surface area contributed by atoms with Crippen molar-refractivity contribution in [2.24, 2.45) is 0 Å². The molecule has 2 aromatic carbocycles. The lowest BCUT2D eigenvalue weighted by atomic mass is 10.0. The number of halogens is 1. The molecule has 0 radical (unpaired) electrons. The van der Waals surface area contributed by atoms with Crippen LogP contribution in [0.15, 0.2) is 47.5 Å². The molecule has 3 N–H and O–H groups in total. The monoisotopic (exact) mass is 671 g/mol. The van der Waals surface area contributed by atoms with Crippen LogP contribution in [0.4, 0.5) is 27.9 Å². The zero-order valence-electron chi connectivity index (χ0n) is 27.0. The van der Waals surface area contributed by atoms with Gasteiger partial charge in [-0.05, 0) is 70.4 Å². The number of aromatic nitrogens is 2. The van der Waals surface area contributed by atoms with Crippen molar-refractivity contribution in [1.29, 1.82) is 0 Å². The number of hydrogen-bond acceptors (Lipinski definition) is 10. The number of benzene rings is 2. The first-order valence-corrected chi connectivity index (χ1v) is 17.3. The van der Waals surface area contributed by atoms with Crippen LogP contribution in [0.1, 0.15) is 57.9 Å². The predicted molar refractivity (Wildman–Crippen MR) is 179 cm³/mol. The van der Waals surface area contributed by atoms with E-state index in [1.165, 1.54) is 6.20 Å². The number of amides is 2. The molecule has 46 heavy (non-hydrogen) atoms. The van der Waals surface area contributed by atoms with Gasteiger partial charge in [0.15, 0.2) is 15.7 Å². The molecule has 1 atom stereocenters. The molecule has 0 spiro atoms. The van der Waals surface area contributed by atoms with Gasteiger partial charge in [-0.2, -0.15) is 4.98 Å². The number of anilines is 4. The Morgan fingerprint density at radius 2 is 1.78 bits per heavy atom. The first-order valence-electron chi connectivity index (χ1n) is 15.4. The molecule has 1 unspecified atom stereocenters. The normalized spacial score (nSPS) is 17.3. The molecule has 0 saturated carbocycles. The number of nitrogens with zero attached hydrogens (tertiary/aromatic N) is 5. The van der Waals surface area contributed by atoms with Crippen molar-refractivity contribution in [3.05, 3.63) is 58.7 Å². The second-order valence-electron chi connectivity index (χ2n) is 12.4. The first-order chi connectivity index (χ1) is 21.8. The van der Waals surface area contributed by atoms with Gasteiger partial charge < -0.3 is 30.3 Å². The Labute approximate surface area is 275 Å². The highest BCUT2D eigenvalue weighted by Gasteiger charge is 2.37. The van der Waals surface area contributed by atoms with Crippen LogP contribution < -0.4 is 15.4 Å². The van der Waals surface area contributed by atoms with E-state index >= 15 is 0 Å². The molecule has 2 aliphatic rings. The predicted octanol–water partition coefficient (Wildman–Crippen LogP) is 5.54. The van der Waals surface area contributed by atoms with Crippen LogP contribution in [-0.2, 0) is 16.4 Å². The highest BCUT2D eigenvalue weighted by atomic mass is 35.5. The summed E-state index contributed by atoms with van der Waals surface area (Å²) in [4.78, 5) is 27.0. The van der Waals surface area contributed by atoms with Gasteiger partial charge in [-0.3, -0.25) is 4.90 Å². The van der Waals surface area contributed by atoms with E-state index in [1.54, 1.807) is 57.1 Å². The number of nitrogens with one attached hydrogen (secondary N) is 2. The van der Waals surface area contributed by atoms with Crippen molar-refractivity contribution in [1.82, 2.24) is 24.7 Å². The topological polar surface area (TPSA) is 140 Å². The van der Waals surface area contributed by atoms with Gasteiger partial charge in [0.1, 0.15) is 17.0 Å². The van der Waals surface area contributed by atoms with Gasteiger partial charge in [-0.15, -0.1) is 0 Å². The summed E-state index contributed by atoms with van der Waals surface area (Å²) in [6, 6.07) is 10.5. The minimum Gasteiger partial charge on any atom is -0.489 e. The third-order valence-electron chi connectivity index (χ3n) is 8.19. The van der Waals surface area contributed by atoms with Crippen molar-refractivity contribution in [3.63, 3.8) is 0 Å². The van der Waals surface area contributed by atoms with E-state index in [2.05, 4.69) is 25.5 Å². The molecule has 1 aromatic heterocycles. The number of carbonyl (C=O) groups is 1. The minimum atomic E-state index is -3.58. The molecule has 2 amide bonds. The summed E-state index contributed by atoms with van der Waals surface area (Å²) in [6.45, 7) is 8.96. The van der Waals surface area contributed by atoms with E-state index in [-0.39, 0.29) is 39.9 Å². The second-order valence-corrected chi connectivity index (χ2v) is 15.3. The van der Waals surface area contributed by atoms with Gasteiger partial charge in [0.2, 0.25) is 5.95 Å². The standard InChI is InChI=1S/C32H42ClN7O5S/c1-19(2)45-27-15-21-18-40(22-11-13-39(14-12-22)32(42)38(5)6)30(41)23(21)16-26(27)36-31-34-17-24(33)29(37-31)35-25-9-7-8-10-28(25)46(43,44)20(3)4/h7-10,15-17,19-20,22,30,41H,11-14,18H2,1-6H3,(H2,34,35,36,37). The molecule has 0 aliphatic carbocycles. The van der Waals surface area contributed by atoms with Crippen LogP contribution in [0.5, 0.6) is 5.75 Å². The molecule has 12 nitrogen and oxygen atoms in total. The fourth-order valence-corrected chi connectivity index (χ4v) is 7.10. The van der Waals surface area contributed by atoms with Crippen molar-refractivity contribution >= 4 is 50.6 Å². The number of likely N-dealkylation sites (tertiary alicyclic amines) is 1. The van der Waals surface area contributed by atoms with Gasteiger partial charge in [-0.1, -0.05) is 23.7 Å².